The lowest BCUT2D eigenvalue weighted by Crippen LogP contribution is -2.30. The van der Waals surface area contributed by atoms with Gasteiger partial charge in [-0.15, -0.1) is 0 Å². The molecule has 0 saturated carbocycles. The molecule has 6 nitrogen and oxygen atoms in total. The monoisotopic (exact) mass is 365 g/mol. The molecule has 1 aromatic heterocycles. The summed E-state index contributed by atoms with van der Waals surface area (Å²) in [6.07, 6.45) is 2.26. The van der Waals surface area contributed by atoms with Crippen molar-refractivity contribution in [2.75, 3.05) is 13.1 Å². The minimum absolute atomic E-state index is 0.0182. The number of fused-ring (bicyclic) bond motifs is 1. The molecule has 25 heavy (non-hydrogen) atoms. The number of benzene rings is 1. The van der Waals surface area contributed by atoms with Gasteiger partial charge in [0.15, 0.2) is 0 Å². The number of hydrogen-bond acceptors (Lipinski definition) is 3. The minimum Gasteiger partial charge on any atom is -0.342 e. The molecule has 1 N–H and O–H groups in total. The van der Waals surface area contributed by atoms with Gasteiger partial charge in [-0.25, -0.2) is 17.5 Å². The van der Waals surface area contributed by atoms with Crippen LogP contribution < -0.4 is 4.72 Å². The fourth-order valence-corrected chi connectivity index (χ4v) is 3.96. The van der Waals surface area contributed by atoms with E-state index in [9.17, 15) is 17.6 Å². The van der Waals surface area contributed by atoms with Crippen LogP contribution in [-0.4, -0.2) is 36.9 Å². The quantitative estimate of drug-likeness (QED) is 0.881. The Kier molecular flexibility index (Phi) is 4.91. The molecule has 0 unspecified atom stereocenters. The van der Waals surface area contributed by atoms with Gasteiger partial charge in [0, 0.05) is 32.4 Å². The first-order valence-electron chi connectivity index (χ1n) is 8.14. The van der Waals surface area contributed by atoms with Crippen LogP contribution in [0.25, 0.3) is 0 Å². The van der Waals surface area contributed by atoms with Crippen molar-refractivity contribution in [1.29, 1.82) is 0 Å². The standard InChI is InChI=1S/C17H20FN3O3S/c1-2-20-7-4-8-21-12-15(10-16(21)17(20)22)25(23,24)19-11-13-5-3-6-14(18)9-13/h3,5-6,9-10,12,19H,2,4,7-8,11H2,1H3. The number of nitrogens with one attached hydrogen (secondary N) is 1. The summed E-state index contributed by atoms with van der Waals surface area (Å²) < 4.78 is 42.4. The second kappa shape index (κ2) is 6.97. The maximum absolute atomic E-state index is 13.2. The summed E-state index contributed by atoms with van der Waals surface area (Å²) in [7, 11) is -3.79. The second-order valence-corrected chi connectivity index (χ2v) is 7.71. The topological polar surface area (TPSA) is 71.4 Å². The Bertz CT molecular complexity index is 892. The van der Waals surface area contributed by atoms with Crippen LogP contribution in [0.4, 0.5) is 4.39 Å². The first-order chi connectivity index (χ1) is 11.9. The van der Waals surface area contributed by atoms with Gasteiger partial charge in [0.2, 0.25) is 10.0 Å². The summed E-state index contributed by atoms with van der Waals surface area (Å²) in [5.41, 5.74) is 0.906. The van der Waals surface area contributed by atoms with E-state index in [4.69, 9.17) is 0 Å². The van der Waals surface area contributed by atoms with E-state index < -0.39 is 15.8 Å². The van der Waals surface area contributed by atoms with E-state index in [2.05, 4.69) is 4.72 Å². The van der Waals surface area contributed by atoms with Gasteiger partial charge in [-0.05, 0) is 37.1 Å². The number of carbonyl (C=O) groups is 1. The van der Waals surface area contributed by atoms with Crippen molar-refractivity contribution in [3.8, 4) is 0 Å². The highest BCUT2D eigenvalue weighted by Crippen LogP contribution is 2.20. The van der Waals surface area contributed by atoms with Crippen molar-refractivity contribution >= 4 is 15.9 Å². The number of sulfonamides is 1. The second-order valence-electron chi connectivity index (χ2n) is 5.95. The van der Waals surface area contributed by atoms with E-state index >= 15 is 0 Å². The van der Waals surface area contributed by atoms with Gasteiger partial charge in [0.1, 0.15) is 16.4 Å². The Labute approximate surface area is 146 Å². The predicted molar refractivity (Wildman–Crippen MR) is 91.1 cm³/mol. The van der Waals surface area contributed by atoms with Crippen LogP contribution in [-0.2, 0) is 23.1 Å². The third-order valence-electron chi connectivity index (χ3n) is 4.25. The fourth-order valence-electron chi connectivity index (χ4n) is 2.90. The number of aryl methyl sites for hydroxylation is 1. The van der Waals surface area contributed by atoms with Crippen molar-refractivity contribution in [3.05, 3.63) is 53.6 Å². The van der Waals surface area contributed by atoms with Crippen molar-refractivity contribution in [2.24, 2.45) is 0 Å². The number of nitrogens with zero attached hydrogens (tertiary/aromatic N) is 2. The SMILES string of the molecule is CCN1CCCn2cc(S(=O)(=O)NCc3cccc(F)c3)cc2C1=O. The predicted octanol–water partition coefficient (Wildman–Crippen LogP) is 1.97. The van der Waals surface area contributed by atoms with E-state index in [1.165, 1.54) is 30.5 Å². The van der Waals surface area contributed by atoms with Crippen LogP contribution in [0.5, 0.6) is 0 Å². The number of rotatable bonds is 5. The van der Waals surface area contributed by atoms with Crippen molar-refractivity contribution < 1.29 is 17.6 Å². The minimum atomic E-state index is -3.79. The molecule has 0 aliphatic carbocycles. The van der Waals surface area contributed by atoms with E-state index in [-0.39, 0.29) is 17.3 Å². The lowest BCUT2D eigenvalue weighted by atomic mass is 10.2. The Hall–Kier alpha value is -2.19. The molecule has 0 radical (unpaired) electrons. The third kappa shape index (κ3) is 3.74. The van der Waals surface area contributed by atoms with E-state index in [1.54, 1.807) is 15.5 Å². The number of aromatic nitrogens is 1. The highest BCUT2D eigenvalue weighted by molar-refractivity contribution is 7.89. The first kappa shape index (κ1) is 17.6. The van der Waals surface area contributed by atoms with Crippen LogP contribution in [0, 0.1) is 5.82 Å². The summed E-state index contributed by atoms with van der Waals surface area (Å²) in [6.45, 7) is 3.72. The summed E-state index contributed by atoms with van der Waals surface area (Å²) >= 11 is 0. The van der Waals surface area contributed by atoms with Gasteiger partial charge < -0.3 is 9.47 Å². The Morgan fingerprint density at radius 2 is 2.04 bits per heavy atom. The molecular weight excluding hydrogens is 345 g/mol. The highest BCUT2D eigenvalue weighted by Gasteiger charge is 2.26. The molecule has 2 aromatic rings. The summed E-state index contributed by atoms with van der Waals surface area (Å²) in [6, 6.07) is 7.15. The summed E-state index contributed by atoms with van der Waals surface area (Å²) in [4.78, 5) is 14.2. The molecule has 2 heterocycles. The van der Waals surface area contributed by atoms with E-state index in [0.717, 1.165) is 6.42 Å². The van der Waals surface area contributed by atoms with Crippen molar-refractivity contribution in [1.82, 2.24) is 14.2 Å². The van der Waals surface area contributed by atoms with Crippen LogP contribution in [0.15, 0.2) is 41.4 Å². The maximum atomic E-state index is 13.2. The number of amides is 1. The van der Waals surface area contributed by atoms with Crippen molar-refractivity contribution in [2.45, 2.75) is 31.3 Å². The zero-order valence-corrected chi connectivity index (χ0v) is 14.7. The molecule has 134 valence electrons. The summed E-state index contributed by atoms with van der Waals surface area (Å²) in [5.74, 6) is -0.580. The van der Waals surface area contributed by atoms with E-state index in [1.807, 2.05) is 6.92 Å². The zero-order valence-electron chi connectivity index (χ0n) is 13.9. The highest BCUT2D eigenvalue weighted by atomic mass is 32.2. The molecule has 0 spiro atoms. The van der Waals surface area contributed by atoms with E-state index in [0.29, 0.717) is 30.9 Å². The van der Waals surface area contributed by atoms with Crippen LogP contribution in [0.3, 0.4) is 0 Å². The van der Waals surface area contributed by atoms with Crippen LogP contribution in [0.1, 0.15) is 29.4 Å². The normalized spacial score (nSPS) is 15.1. The molecule has 1 aromatic carbocycles. The molecule has 8 heteroatoms. The molecule has 1 amide bonds. The zero-order chi connectivity index (χ0) is 18.0. The Morgan fingerprint density at radius 3 is 2.76 bits per heavy atom. The van der Waals surface area contributed by atoms with Gasteiger partial charge in [-0.3, -0.25) is 4.79 Å². The molecule has 0 bridgehead atoms. The first-order valence-corrected chi connectivity index (χ1v) is 9.62. The molecular formula is C17H20FN3O3S. The Balaban J connectivity index is 1.82. The van der Waals surface area contributed by atoms with Crippen molar-refractivity contribution in [3.63, 3.8) is 0 Å². The molecule has 0 fully saturated rings. The molecule has 0 saturated heterocycles. The third-order valence-corrected chi connectivity index (χ3v) is 5.62. The molecule has 1 aliphatic heterocycles. The lowest BCUT2D eigenvalue weighted by molar-refractivity contribution is 0.0766. The molecule has 3 rings (SSSR count). The fraction of sp³-hybridized carbons (Fsp3) is 0.353. The van der Waals surface area contributed by atoms with Gasteiger partial charge in [-0.2, -0.15) is 0 Å². The average molecular weight is 365 g/mol. The smallest absolute Gasteiger partial charge is 0.270 e. The molecule has 1 aliphatic rings. The van der Waals surface area contributed by atoms with Gasteiger partial charge >= 0.3 is 0 Å². The number of carbonyl (C=O) groups excluding carboxylic acids is 1. The number of hydrogen-bond donors (Lipinski definition) is 1. The van der Waals surface area contributed by atoms with Crippen LogP contribution >= 0.6 is 0 Å². The average Bonchev–Trinajstić information content (AvgIpc) is 2.96. The number of halogens is 1. The Morgan fingerprint density at radius 1 is 1.24 bits per heavy atom. The lowest BCUT2D eigenvalue weighted by Gasteiger charge is -2.17. The summed E-state index contributed by atoms with van der Waals surface area (Å²) in [5, 5.41) is 0. The van der Waals surface area contributed by atoms with Crippen LogP contribution in [0.2, 0.25) is 0 Å². The molecule has 0 atom stereocenters. The van der Waals surface area contributed by atoms with Gasteiger partial charge in [0.25, 0.3) is 5.91 Å². The largest absolute Gasteiger partial charge is 0.342 e. The van der Waals surface area contributed by atoms with Gasteiger partial charge in [-0.1, -0.05) is 12.1 Å². The van der Waals surface area contributed by atoms with Gasteiger partial charge in [0.05, 0.1) is 0 Å². The maximum Gasteiger partial charge on any atom is 0.270 e.